The number of halogens is 5. The van der Waals surface area contributed by atoms with Crippen LogP contribution in [0.5, 0.6) is 0 Å². The molecule has 0 aliphatic carbocycles. The smallest absolute Gasteiger partial charge is 0.322 e. The Bertz CT molecular complexity index is 369. The van der Waals surface area contributed by atoms with Crippen LogP contribution >= 0.6 is 24.0 Å². The van der Waals surface area contributed by atoms with Gasteiger partial charge in [-0.25, -0.2) is 0 Å². The lowest BCUT2D eigenvalue weighted by molar-refractivity contribution is -0.137. The van der Waals surface area contributed by atoms with Gasteiger partial charge in [-0.2, -0.15) is 13.2 Å². The second kappa shape index (κ2) is 4.82. The monoisotopic (exact) mass is 273 g/mol. The van der Waals surface area contributed by atoms with Crippen molar-refractivity contribution in [2.24, 2.45) is 5.73 Å². The van der Waals surface area contributed by atoms with Crippen molar-refractivity contribution in [3.8, 4) is 0 Å². The third kappa shape index (κ3) is 3.54. The van der Waals surface area contributed by atoms with Crippen LogP contribution in [0.1, 0.15) is 25.0 Å². The van der Waals surface area contributed by atoms with Gasteiger partial charge in [0.25, 0.3) is 0 Å². The average Bonchev–Trinajstić information content (AvgIpc) is 2.00. The molecular weight excluding hydrogens is 262 g/mol. The van der Waals surface area contributed by atoms with Crippen molar-refractivity contribution in [1.82, 2.24) is 0 Å². The van der Waals surface area contributed by atoms with Gasteiger partial charge in [-0.15, -0.1) is 12.4 Å². The Hall–Kier alpha value is -0.450. The summed E-state index contributed by atoms with van der Waals surface area (Å²) in [6, 6.07) is 3.15. The maximum Gasteiger partial charge on any atom is 0.416 e. The summed E-state index contributed by atoms with van der Waals surface area (Å²) in [5.74, 6) is 0. The highest BCUT2D eigenvalue weighted by Crippen LogP contribution is 2.34. The van der Waals surface area contributed by atoms with E-state index >= 15 is 0 Å². The Morgan fingerprint density at radius 2 is 1.69 bits per heavy atom. The molecular formula is C10H12Cl2F3N. The predicted molar refractivity (Wildman–Crippen MR) is 60.9 cm³/mol. The molecule has 0 bridgehead atoms. The minimum Gasteiger partial charge on any atom is -0.322 e. The van der Waals surface area contributed by atoms with Crippen molar-refractivity contribution in [3.63, 3.8) is 0 Å². The van der Waals surface area contributed by atoms with Crippen molar-refractivity contribution in [2.75, 3.05) is 0 Å². The second-order valence-corrected chi connectivity index (χ2v) is 4.32. The minimum atomic E-state index is -4.37. The normalized spacial score (nSPS) is 12.2. The van der Waals surface area contributed by atoms with E-state index in [0.29, 0.717) is 5.56 Å². The number of hydrogen-bond acceptors (Lipinski definition) is 1. The molecule has 1 nitrogen and oxygen atoms in total. The van der Waals surface area contributed by atoms with Crippen LogP contribution in [0.2, 0.25) is 5.02 Å². The molecule has 0 aliphatic heterocycles. The van der Waals surface area contributed by atoms with Crippen molar-refractivity contribution in [2.45, 2.75) is 25.6 Å². The molecule has 0 heterocycles. The highest BCUT2D eigenvalue weighted by Gasteiger charge is 2.32. The van der Waals surface area contributed by atoms with Crippen LogP contribution in [0.25, 0.3) is 0 Å². The van der Waals surface area contributed by atoms with E-state index in [1.54, 1.807) is 13.8 Å². The lowest BCUT2D eigenvalue weighted by atomic mass is 9.94. The van der Waals surface area contributed by atoms with Crippen LogP contribution in [0, 0.1) is 0 Å². The molecule has 0 unspecified atom stereocenters. The molecule has 0 amide bonds. The first-order valence-corrected chi connectivity index (χ1v) is 4.66. The standard InChI is InChI=1S/C10H11ClF3N.ClH/c1-9(2,15)7-5-6(10(12,13)14)3-4-8(7)11;/h3-5H,15H2,1-2H3;1H. The van der Waals surface area contributed by atoms with Crippen molar-refractivity contribution in [1.29, 1.82) is 0 Å². The number of nitrogens with two attached hydrogens (primary N) is 1. The zero-order valence-corrected chi connectivity index (χ0v) is 10.3. The van der Waals surface area contributed by atoms with Crippen molar-refractivity contribution >= 4 is 24.0 Å². The minimum absolute atomic E-state index is 0. The Kier molecular flexibility index (Phi) is 4.68. The van der Waals surface area contributed by atoms with Gasteiger partial charge < -0.3 is 5.73 Å². The summed E-state index contributed by atoms with van der Waals surface area (Å²) < 4.78 is 37.2. The Morgan fingerprint density at radius 3 is 2.06 bits per heavy atom. The molecule has 1 aromatic carbocycles. The number of alkyl halides is 3. The molecule has 6 heteroatoms. The van der Waals surface area contributed by atoms with Crippen LogP contribution < -0.4 is 5.73 Å². The highest BCUT2D eigenvalue weighted by molar-refractivity contribution is 6.31. The summed E-state index contributed by atoms with van der Waals surface area (Å²) >= 11 is 5.78. The molecule has 1 aromatic rings. The van der Waals surface area contributed by atoms with Crippen LogP contribution in [-0.4, -0.2) is 0 Å². The second-order valence-electron chi connectivity index (χ2n) is 3.91. The molecule has 92 valence electrons. The lowest BCUT2D eigenvalue weighted by Crippen LogP contribution is -2.29. The van der Waals surface area contributed by atoms with E-state index in [1.165, 1.54) is 6.07 Å². The quantitative estimate of drug-likeness (QED) is 0.823. The van der Waals surface area contributed by atoms with Crippen molar-refractivity contribution in [3.05, 3.63) is 34.3 Å². The van der Waals surface area contributed by atoms with Gasteiger partial charge in [0.05, 0.1) is 5.56 Å². The van der Waals surface area contributed by atoms with E-state index in [-0.39, 0.29) is 17.4 Å². The zero-order valence-electron chi connectivity index (χ0n) is 8.73. The molecule has 0 saturated carbocycles. The third-order valence-corrected chi connectivity index (χ3v) is 2.32. The van der Waals surface area contributed by atoms with Gasteiger partial charge in [0.2, 0.25) is 0 Å². The Labute approximate surface area is 103 Å². The number of hydrogen-bond donors (Lipinski definition) is 1. The molecule has 0 spiro atoms. The Balaban J connectivity index is 0.00000225. The number of benzene rings is 1. The van der Waals surface area contributed by atoms with Gasteiger partial charge in [-0.05, 0) is 37.6 Å². The average molecular weight is 274 g/mol. The maximum absolute atomic E-state index is 12.4. The van der Waals surface area contributed by atoms with E-state index in [4.69, 9.17) is 17.3 Å². The molecule has 0 atom stereocenters. The van der Waals surface area contributed by atoms with Crippen LogP contribution in [0.3, 0.4) is 0 Å². The molecule has 2 N–H and O–H groups in total. The summed E-state index contributed by atoms with van der Waals surface area (Å²) in [6.07, 6.45) is -4.37. The fourth-order valence-corrected chi connectivity index (χ4v) is 1.56. The summed E-state index contributed by atoms with van der Waals surface area (Å²) in [5.41, 5.74) is 4.38. The van der Waals surface area contributed by atoms with E-state index in [1.807, 2.05) is 0 Å². The van der Waals surface area contributed by atoms with Gasteiger partial charge in [0.1, 0.15) is 0 Å². The summed E-state index contributed by atoms with van der Waals surface area (Å²) in [7, 11) is 0. The van der Waals surface area contributed by atoms with Crippen molar-refractivity contribution < 1.29 is 13.2 Å². The number of rotatable bonds is 1. The van der Waals surface area contributed by atoms with Gasteiger partial charge >= 0.3 is 6.18 Å². The SMILES string of the molecule is CC(C)(N)c1cc(C(F)(F)F)ccc1Cl.Cl. The first kappa shape index (κ1) is 15.5. The molecule has 0 saturated heterocycles. The van der Waals surface area contributed by atoms with Crippen LogP contribution in [0.15, 0.2) is 18.2 Å². The van der Waals surface area contributed by atoms with E-state index in [2.05, 4.69) is 0 Å². The van der Waals surface area contributed by atoms with E-state index in [0.717, 1.165) is 12.1 Å². The maximum atomic E-state index is 12.4. The molecule has 0 fully saturated rings. The summed E-state index contributed by atoms with van der Waals surface area (Å²) in [5, 5.41) is 0.246. The van der Waals surface area contributed by atoms with Crippen LogP contribution in [-0.2, 0) is 11.7 Å². The molecule has 0 aliphatic rings. The largest absolute Gasteiger partial charge is 0.416 e. The first-order valence-electron chi connectivity index (χ1n) is 4.28. The van der Waals surface area contributed by atoms with Gasteiger partial charge in [0.15, 0.2) is 0 Å². The van der Waals surface area contributed by atoms with Gasteiger partial charge in [-0.3, -0.25) is 0 Å². The Morgan fingerprint density at radius 1 is 1.19 bits per heavy atom. The zero-order chi connectivity index (χ0) is 11.9. The summed E-state index contributed by atoms with van der Waals surface area (Å²) in [4.78, 5) is 0. The molecule has 1 rings (SSSR count). The first-order chi connectivity index (χ1) is 6.62. The van der Waals surface area contributed by atoms with Crippen LogP contribution in [0.4, 0.5) is 13.2 Å². The highest BCUT2D eigenvalue weighted by atomic mass is 35.5. The van der Waals surface area contributed by atoms with Gasteiger partial charge in [-0.1, -0.05) is 11.6 Å². The molecule has 0 aromatic heterocycles. The van der Waals surface area contributed by atoms with E-state index in [9.17, 15) is 13.2 Å². The molecule has 0 radical (unpaired) electrons. The van der Waals surface area contributed by atoms with Gasteiger partial charge in [0, 0.05) is 10.6 Å². The van der Waals surface area contributed by atoms with E-state index < -0.39 is 17.3 Å². The lowest BCUT2D eigenvalue weighted by Gasteiger charge is -2.22. The topological polar surface area (TPSA) is 26.0 Å². The predicted octanol–water partition coefficient (Wildman–Crippen LogP) is 3.97. The third-order valence-electron chi connectivity index (χ3n) is 1.99. The fraction of sp³-hybridized carbons (Fsp3) is 0.400. The summed E-state index contributed by atoms with van der Waals surface area (Å²) in [6.45, 7) is 3.21. The fourth-order valence-electron chi connectivity index (χ4n) is 1.20. The molecule has 16 heavy (non-hydrogen) atoms.